The fraction of sp³-hybridized carbons (Fsp3) is 0.0714. The number of phenolic OH excluding ortho intramolecular Hbond substituents is 1. The van der Waals surface area contributed by atoms with Gasteiger partial charge >= 0.3 is 0 Å². The van der Waals surface area contributed by atoms with Gasteiger partial charge in [-0.3, -0.25) is 4.79 Å². The Hall–Kier alpha value is -1.71. The van der Waals surface area contributed by atoms with Crippen molar-refractivity contribution in [2.24, 2.45) is 0 Å². The highest BCUT2D eigenvalue weighted by atomic mass is 35.5. The normalized spacial score (nSPS) is 10.3. The van der Waals surface area contributed by atoms with E-state index in [1.54, 1.807) is 37.3 Å². The maximum absolute atomic E-state index is 12.0. The van der Waals surface area contributed by atoms with E-state index < -0.39 is 0 Å². The first-order chi connectivity index (χ1) is 8.97. The molecule has 0 bridgehead atoms. The molecule has 0 atom stereocenters. The van der Waals surface area contributed by atoms with Crippen LogP contribution in [0.4, 0.5) is 5.69 Å². The van der Waals surface area contributed by atoms with Crippen molar-refractivity contribution >= 4 is 34.8 Å². The minimum Gasteiger partial charge on any atom is -0.505 e. The van der Waals surface area contributed by atoms with Crippen LogP contribution >= 0.6 is 23.2 Å². The summed E-state index contributed by atoms with van der Waals surface area (Å²) in [6.07, 6.45) is 0. The summed E-state index contributed by atoms with van der Waals surface area (Å²) < 4.78 is 0. The monoisotopic (exact) mass is 295 g/mol. The van der Waals surface area contributed by atoms with Gasteiger partial charge in [-0.15, -0.1) is 0 Å². The number of halogens is 2. The molecule has 19 heavy (non-hydrogen) atoms. The molecule has 1 amide bonds. The summed E-state index contributed by atoms with van der Waals surface area (Å²) in [4.78, 5) is 12.0. The first-order valence-corrected chi connectivity index (χ1v) is 6.29. The number of rotatable bonds is 2. The summed E-state index contributed by atoms with van der Waals surface area (Å²) in [6, 6.07) is 9.65. The lowest BCUT2D eigenvalue weighted by atomic mass is 10.1. The second-order valence-corrected chi connectivity index (χ2v) is 4.96. The molecule has 5 heteroatoms. The molecular weight excluding hydrogens is 285 g/mol. The molecular formula is C14H11Cl2NO2. The molecule has 0 saturated carbocycles. The number of carbonyl (C=O) groups excluding carboxylic acids is 1. The van der Waals surface area contributed by atoms with Crippen LogP contribution in [0.25, 0.3) is 0 Å². The molecule has 0 aliphatic rings. The Morgan fingerprint density at radius 2 is 1.89 bits per heavy atom. The van der Waals surface area contributed by atoms with Crippen LogP contribution in [0.15, 0.2) is 36.4 Å². The smallest absolute Gasteiger partial charge is 0.255 e. The molecule has 3 nitrogen and oxygen atoms in total. The number of hydrogen-bond acceptors (Lipinski definition) is 2. The summed E-state index contributed by atoms with van der Waals surface area (Å²) in [5, 5.41) is 13.4. The maximum Gasteiger partial charge on any atom is 0.255 e. The Kier molecular flexibility index (Phi) is 3.98. The van der Waals surface area contributed by atoms with Crippen molar-refractivity contribution in [3.8, 4) is 5.75 Å². The maximum atomic E-state index is 12.0. The van der Waals surface area contributed by atoms with Crippen LogP contribution in [-0.2, 0) is 0 Å². The number of aromatic hydroxyl groups is 1. The number of anilines is 1. The van der Waals surface area contributed by atoms with Crippen molar-refractivity contribution in [1.29, 1.82) is 0 Å². The molecule has 2 aromatic rings. The molecule has 2 N–H and O–H groups in total. The fourth-order valence-electron chi connectivity index (χ4n) is 1.66. The van der Waals surface area contributed by atoms with Crippen molar-refractivity contribution < 1.29 is 9.90 Å². The molecule has 2 aromatic carbocycles. The number of nitrogens with one attached hydrogen (secondary N) is 1. The quantitative estimate of drug-likeness (QED) is 0.813. The molecule has 0 radical (unpaired) electrons. The van der Waals surface area contributed by atoms with Gasteiger partial charge in [-0.05, 0) is 42.8 Å². The minimum atomic E-state index is -0.362. The number of phenols is 1. The van der Waals surface area contributed by atoms with E-state index in [2.05, 4.69) is 5.32 Å². The van der Waals surface area contributed by atoms with Crippen molar-refractivity contribution in [1.82, 2.24) is 0 Å². The molecule has 0 heterocycles. The highest BCUT2D eigenvalue weighted by Crippen LogP contribution is 2.31. The van der Waals surface area contributed by atoms with Crippen molar-refractivity contribution in [3.05, 3.63) is 57.6 Å². The third-order valence-electron chi connectivity index (χ3n) is 2.60. The molecule has 0 aliphatic carbocycles. The number of carbonyl (C=O) groups is 1. The Bertz CT molecular complexity index is 641. The second kappa shape index (κ2) is 5.51. The van der Waals surface area contributed by atoms with Gasteiger partial charge in [0.15, 0.2) is 0 Å². The highest BCUT2D eigenvalue weighted by Gasteiger charge is 2.11. The van der Waals surface area contributed by atoms with E-state index in [1.165, 1.54) is 6.07 Å². The molecule has 0 aliphatic heterocycles. The molecule has 2 rings (SSSR count). The van der Waals surface area contributed by atoms with E-state index in [0.717, 1.165) is 0 Å². The van der Waals surface area contributed by atoms with Gasteiger partial charge in [0, 0.05) is 15.6 Å². The van der Waals surface area contributed by atoms with Crippen molar-refractivity contribution in [3.63, 3.8) is 0 Å². The minimum absolute atomic E-state index is 0.000205. The Morgan fingerprint density at radius 3 is 2.58 bits per heavy atom. The van der Waals surface area contributed by atoms with E-state index in [1.807, 2.05) is 0 Å². The first-order valence-electron chi connectivity index (χ1n) is 5.53. The SMILES string of the molecule is Cc1cc(Cl)cc(NC(=O)c2cccc(Cl)c2)c1O. The number of benzene rings is 2. The van der Waals surface area contributed by atoms with Gasteiger partial charge in [0.05, 0.1) is 5.69 Å². The van der Waals surface area contributed by atoms with E-state index in [-0.39, 0.29) is 17.3 Å². The molecule has 98 valence electrons. The number of aryl methyl sites for hydroxylation is 1. The predicted octanol–water partition coefficient (Wildman–Crippen LogP) is 4.26. The fourth-order valence-corrected chi connectivity index (χ4v) is 2.12. The molecule has 0 unspecified atom stereocenters. The van der Waals surface area contributed by atoms with Gasteiger partial charge in [-0.25, -0.2) is 0 Å². The van der Waals surface area contributed by atoms with Crippen LogP contribution in [-0.4, -0.2) is 11.0 Å². The Balaban J connectivity index is 2.29. The standard InChI is InChI=1S/C14H11Cl2NO2/c1-8-5-11(16)7-12(13(8)18)17-14(19)9-3-2-4-10(15)6-9/h2-7,18H,1H3,(H,17,19). The third kappa shape index (κ3) is 3.19. The van der Waals surface area contributed by atoms with Crippen molar-refractivity contribution in [2.45, 2.75) is 6.92 Å². The average Bonchev–Trinajstić information content (AvgIpc) is 2.35. The topological polar surface area (TPSA) is 49.3 Å². The second-order valence-electron chi connectivity index (χ2n) is 4.08. The van der Waals surface area contributed by atoms with Gasteiger partial charge in [-0.2, -0.15) is 0 Å². The van der Waals surface area contributed by atoms with Gasteiger partial charge < -0.3 is 10.4 Å². The number of hydrogen-bond donors (Lipinski definition) is 2. The summed E-state index contributed by atoms with van der Waals surface area (Å²) in [6.45, 7) is 1.70. The Labute approximate surface area is 120 Å². The molecule has 0 aromatic heterocycles. The number of amides is 1. The lowest BCUT2D eigenvalue weighted by Crippen LogP contribution is -2.12. The Morgan fingerprint density at radius 1 is 1.16 bits per heavy atom. The third-order valence-corrected chi connectivity index (χ3v) is 3.05. The predicted molar refractivity (Wildman–Crippen MR) is 77.3 cm³/mol. The van der Waals surface area contributed by atoms with Crippen LogP contribution in [0.5, 0.6) is 5.75 Å². The zero-order valence-corrected chi connectivity index (χ0v) is 11.6. The highest BCUT2D eigenvalue weighted by molar-refractivity contribution is 6.31. The van der Waals surface area contributed by atoms with E-state index in [4.69, 9.17) is 23.2 Å². The summed E-state index contributed by atoms with van der Waals surface area (Å²) in [5.41, 5.74) is 1.27. The van der Waals surface area contributed by atoms with Gasteiger partial charge in [0.1, 0.15) is 5.75 Å². The average molecular weight is 296 g/mol. The zero-order chi connectivity index (χ0) is 14.0. The largest absolute Gasteiger partial charge is 0.505 e. The summed E-state index contributed by atoms with van der Waals surface area (Å²) in [5.74, 6) is -0.362. The van der Waals surface area contributed by atoms with Gasteiger partial charge in [0.2, 0.25) is 0 Å². The summed E-state index contributed by atoms with van der Waals surface area (Å²) >= 11 is 11.7. The lowest BCUT2D eigenvalue weighted by molar-refractivity contribution is 0.102. The molecule has 0 spiro atoms. The molecule has 0 saturated heterocycles. The van der Waals surface area contributed by atoms with E-state index in [9.17, 15) is 9.90 Å². The lowest BCUT2D eigenvalue weighted by Gasteiger charge is -2.10. The van der Waals surface area contributed by atoms with Crippen LogP contribution < -0.4 is 5.32 Å². The van der Waals surface area contributed by atoms with E-state index >= 15 is 0 Å². The van der Waals surface area contributed by atoms with E-state index in [0.29, 0.717) is 21.2 Å². The van der Waals surface area contributed by atoms with Crippen LogP contribution in [0.3, 0.4) is 0 Å². The van der Waals surface area contributed by atoms with Crippen LogP contribution in [0, 0.1) is 6.92 Å². The van der Waals surface area contributed by atoms with Crippen LogP contribution in [0.1, 0.15) is 15.9 Å². The van der Waals surface area contributed by atoms with Gasteiger partial charge in [-0.1, -0.05) is 29.3 Å². The van der Waals surface area contributed by atoms with Crippen LogP contribution in [0.2, 0.25) is 10.0 Å². The molecule has 0 fully saturated rings. The van der Waals surface area contributed by atoms with Gasteiger partial charge in [0.25, 0.3) is 5.91 Å². The first kappa shape index (κ1) is 13.7. The zero-order valence-electron chi connectivity index (χ0n) is 10.1. The summed E-state index contributed by atoms with van der Waals surface area (Å²) in [7, 11) is 0. The van der Waals surface area contributed by atoms with Crippen molar-refractivity contribution in [2.75, 3.05) is 5.32 Å².